The Morgan fingerprint density at radius 1 is 1.12 bits per heavy atom. The SMILES string of the molecule is CO[C@H]1C[C@H](C)CC2=C(CCCN(C)C)C(=O)C=C(NC(=O)/C(C)=C/C=C\[C@H](C)[C@@H](OC(C)=O)/C(C)=C/[C@H](C)[C@H]1O)C2=O. The molecule has 0 aromatic rings. The van der Waals surface area contributed by atoms with E-state index in [2.05, 4.69) is 5.32 Å². The van der Waals surface area contributed by atoms with E-state index in [9.17, 15) is 24.3 Å². The highest BCUT2D eigenvalue weighted by Crippen LogP contribution is 2.31. The molecule has 0 unspecified atom stereocenters. The fourth-order valence-corrected chi connectivity index (χ4v) is 5.60. The van der Waals surface area contributed by atoms with Crippen molar-refractivity contribution in [2.75, 3.05) is 27.7 Å². The second-order valence-corrected chi connectivity index (χ2v) is 12.3. The van der Waals surface area contributed by atoms with Crippen LogP contribution in [-0.4, -0.2) is 79.5 Å². The van der Waals surface area contributed by atoms with Gasteiger partial charge in [-0.1, -0.05) is 45.1 Å². The van der Waals surface area contributed by atoms with Gasteiger partial charge in [-0.25, -0.2) is 0 Å². The Morgan fingerprint density at radius 3 is 2.40 bits per heavy atom. The first-order chi connectivity index (χ1) is 20.2. The number of allylic oxidation sites excluding steroid dienone is 5. The van der Waals surface area contributed by atoms with Gasteiger partial charge in [0, 0.05) is 48.7 Å². The number of carbonyl (C=O) groups is 4. The van der Waals surface area contributed by atoms with Crippen LogP contribution in [0.3, 0.4) is 0 Å². The van der Waals surface area contributed by atoms with E-state index in [0.29, 0.717) is 42.4 Å². The van der Waals surface area contributed by atoms with Gasteiger partial charge in [-0.15, -0.1) is 0 Å². The molecule has 9 nitrogen and oxygen atoms in total. The van der Waals surface area contributed by atoms with Gasteiger partial charge in [0.2, 0.25) is 5.78 Å². The normalized spacial score (nSPS) is 31.5. The molecular formula is C34H50N2O7. The Bertz CT molecular complexity index is 1210. The van der Waals surface area contributed by atoms with Crippen molar-refractivity contribution in [1.82, 2.24) is 10.2 Å². The molecule has 1 aliphatic heterocycles. The molecule has 0 aromatic carbocycles. The number of carbonyl (C=O) groups excluding carboxylic acids is 4. The smallest absolute Gasteiger partial charge is 0.303 e. The van der Waals surface area contributed by atoms with E-state index < -0.39 is 30.2 Å². The zero-order valence-corrected chi connectivity index (χ0v) is 27.2. The maximum atomic E-state index is 13.7. The zero-order valence-electron chi connectivity index (χ0n) is 27.2. The van der Waals surface area contributed by atoms with E-state index in [1.807, 2.05) is 58.8 Å². The molecule has 0 aromatic heterocycles. The summed E-state index contributed by atoms with van der Waals surface area (Å²) in [6, 6.07) is 0. The van der Waals surface area contributed by atoms with Crippen LogP contribution in [0.2, 0.25) is 0 Å². The number of hydrogen-bond acceptors (Lipinski definition) is 8. The lowest BCUT2D eigenvalue weighted by molar-refractivity contribution is -0.146. The summed E-state index contributed by atoms with van der Waals surface area (Å²) in [7, 11) is 5.45. The third kappa shape index (κ3) is 10.5. The molecule has 1 amide bonds. The summed E-state index contributed by atoms with van der Waals surface area (Å²) in [6.45, 7) is 11.3. The molecule has 0 spiro atoms. The maximum Gasteiger partial charge on any atom is 0.303 e. The molecule has 2 aliphatic rings. The Kier molecular flexibility index (Phi) is 14.0. The number of hydrogen-bond donors (Lipinski definition) is 2. The highest BCUT2D eigenvalue weighted by Gasteiger charge is 2.32. The predicted molar refractivity (Wildman–Crippen MR) is 167 cm³/mol. The monoisotopic (exact) mass is 598 g/mol. The van der Waals surface area contributed by atoms with Gasteiger partial charge in [-0.2, -0.15) is 0 Å². The first-order valence-corrected chi connectivity index (χ1v) is 15.1. The lowest BCUT2D eigenvalue weighted by Gasteiger charge is -2.30. The van der Waals surface area contributed by atoms with Crippen molar-refractivity contribution in [2.24, 2.45) is 17.8 Å². The number of aliphatic hydroxyl groups is 1. The molecule has 0 fully saturated rings. The van der Waals surface area contributed by atoms with E-state index in [0.717, 1.165) is 12.1 Å². The number of Topliss-reactive ketones (excluding diaryl/α,β-unsaturated/α-hetero) is 1. The minimum Gasteiger partial charge on any atom is -0.457 e. The lowest BCUT2D eigenvalue weighted by atomic mass is 9.82. The van der Waals surface area contributed by atoms with Crippen molar-refractivity contribution in [1.29, 1.82) is 0 Å². The van der Waals surface area contributed by atoms with Crippen LogP contribution in [0.1, 0.15) is 67.2 Å². The topological polar surface area (TPSA) is 122 Å². The molecule has 0 saturated carbocycles. The van der Waals surface area contributed by atoms with E-state index in [1.54, 1.807) is 26.2 Å². The number of fused-ring (bicyclic) bond motifs is 2. The molecule has 1 aliphatic carbocycles. The van der Waals surface area contributed by atoms with Crippen molar-refractivity contribution >= 4 is 23.4 Å². The summed E-state index contributed by atoms with van der Waals surface area (Å²) in [5, 5.41) is 13.9. The number of aliphatic hydroxyl groups excluding tert-OH is 1. The maximum absolute atomic E-state index is 13.7. The number of nitrogens with one attached hydrogen (secondary N) is 1. The quantitative estimate of drug-likeness (QED) is 0.265. The van der Waals surface area contributed by atoms with Gasteiger partial charge in [-0.3, -0.25) is 19.2 Å². The van der Waals surface area contributed by atoms with Crippen LogP contribution < -0.4 is 5.32 Å². The standard InChI is InChI=1S/C34H50N2O7/c1-20-16-27-26(14-11-15-36(7)8)29(38)19-28(32(27)40)35-34(41)22(3)13-10-12-21(2)33(43-25(6)37)24(5)18-23(4)31(39)30(17-20)42-9/h10,12-13,18-21,23,30-31,33,39H,11,14-17H2,1-9H3,(H,35,41)/b12-10-,22-13+,24-18+/t20-,21+,23+,30+,31-,33-/m1/s1. The Labute approximate surface area is 256 Å². The van der Waals surface area contributed by atoms with Gasteiger partial charge in [0.1, 0.15) is 6.10 Å². The Balaban J connectivity index is 2.57. The van der Waals surface area contributed by atoms with Gasteiger partial charge in [0.25, 0.3) is 5.91 Å². The minimum atomic E-state index is -0.870. The third-order valence-electron chi connectivity index (χ3n) is 8.01. The summed E-state index contributed by atoms with van der Waals surface area (Å²) >= 11 is 0. The number of esters is 1. The molecule has 9 heteroatoms. The van der Waals surface area contributed by atoms with Gasteiger partial charge in [0.15, 0.2) is 5.78 Å². The molecule has 43 heavy (non-hydrogen) atoms. The van der Waals surface area contributed by atoms with E-state index in [1.165, 1.54) is 13.0 Å². The van der Waals surface area contributed by atoms with Crippen LogP contribution in [0.4, 0.5) is 0 Å². The fraction of sp³-hybridized carbons (Fsp3) is 0.588. The molecule has 0 radical (unpaired) electrons. The minimum absolute atomic E-state index is 0.0386. The van der Waals surface area contributed by atoms with Crippen molar-refractivity contribution < 1.29 is 33.8 Å². The molecule has 2 rings (SSSR count). The highest BCUT2D eigenvalue weighted by atomic mass is 16.5. The predicted octanol–water partition coefficient (Wildman–Crippen LogP) is 4.24. The van der Waals surface area contributed by atoms with Gasteiger partial charge in [0.05, 0.1) is 17.9 Å². The third-order valence-corrected chi connectivity index (χ3v) is 8.01. The summed E-state index contributed by atoms with van der Waals surface area (Å²) in [6.07, 6.45) is 8.17. The molecule has 0 saturated heterocycles. The number of amides is 1. The number of ketones is 2. The second kappa shape index (κ2) is 16.6. The first-order valence-electron chi connectivity index (χ1n) is 15.1. The summed E-state index contributed by atoms with van der Waals surface area (Å²) in [5.41, 5.74) is 1.97. The molecule has 2 bridgehead atoms. The Morgan fingerprint density at radius 2 is 1.79 bits per heavy atom. The average molecular weight is 599 g/mol. The number of rotatable bonds is 6. The summed E-state index contributed by atoms with van der Waals surface area (Å²) in [5.74, 6) is -2.24. The van der Waals surface area contributed by atoms with Crippen molar-refractivity contribution in [3.05, 3.63) is 58.4 Å². The van der Waals surface area contributed by atoms with E-state index in [-0.39, 0.29) is 35.0 Å². The zero-order chi connectivity index (χ0) is 32.4. The van der Waals surface area contributed by atoms with Gasteiger partial charge in [-0.05, 0) is 71.7 Å². The van der Waals surface area contributed by atoms with Crippen molar-refractivity contribution in [2.45, 2.75) is 85.5 Å². The van der Waals surface area contributed by atoms with Crippen LogP contribution in [-0.2, 0) is 28.7 Å². The van der Waals surface area contributed by atoms with Crippen molar-refractivity contribution in [3.8, 4) is 0 Å². The second-order valence-electron chi connectivity index (χ2n) is 12.3. The Hall–Kier alpha value is -3.14. The summed E-state index contributed by atoms with van der Waals surface area (Å²) < 4.78 is 11.4. The van der Waals surface area contributed by atoms with Crippen LogP contribution in [0.25, 0.3) is 0 Å². The van der Waals surface area contributed by atoms with E-state index in [4.69, 9.17) is 9.47 Å². The molecular weight excluding hydrogens is 548 g/mol. The van der Waals surface area contributed by atoms with Crippen LogP contribution >= 0.6 is 0 Å². The molecule has 1 heterocycles. The van der Waals surface area contributed by atoms with Gasteiger partial charge >= 0.3 is 5.97 Å². The largest absolute Gasteiger partial charge is 0.457 e. The first kappa shape index (κ1) is 36.1. The van der Waals surface area contributed by atoms with Crippen LogP contribution in [0.5, 0.6) is 0 Å². The van der Waals surface area contributed by atoms with Gasteiger partial charge < -0.3 is 24.8 Å². The molecule has 2 N–H and O–H groups in total. The van der Waals surface area contributed by atoms with Crippen LogP contribution in [0.15, 0.2) is 58.4 Å². The number of nitrogens with zero attached hydrogens (tertiary/aromatic N) is 1. The number of ether oxygens (including phenoxy) is 2. The lowest BCUT2D eigenvalue weighted by Crippen LogP contribution is -2.36. The number of methoxy groups -OCH3 is 1. The molecule has 238 valence electrons. The molecule has 6 atom stereocenters. The summed E-state index contributed by atoms with van der Waals surface area (Å²) in [4.78, 5) is 54.0. The fourth-order valence-electron chi connectivity index (χ4n) is 5.60. The van der Waals surface area contributed by atoms with Crippen molar-refractivity contribution in [3.63, 3.8) is 0 Å². The average Bonchev–Trinajstić information content (AvgIpc) is 2.92. The van der Waals surface area contributed by atoms with E-state index >= 15 is 0 Å². The van der Waals surface area contributed by atoms with Crippen LogP contribution in [0, 0.1) is 17.8 Å². The highest BCUT2D eigenvalue weighted by molar-refractivity contribution is 6.23.